The third-order valence-electron chi connectivity index (χ3n) is 6.81. The molecule has 6 rings (SSSR count). The number of nitrogens with zero attached hydrogens (tertiary/aromatic N) is 5. The third kappa shape index (κ3) is 3.99. The van der Waals surface area contributed by atoms with Gasteiger partial charge in [-0.2, -0.15) is 0 Å². The van der Waals surface area contributed by atoms with Crippen molar-refractivity contribution >= 4 is 33.7 Å². The number of anilines is 1. The molecule has 2 aliphatic rings. The summed E-state index contributed by atoms with van der Waals surface area (Å²) in [5, 5.41) is 25.3. The zero-order valence-corrected chi connectivity index (χ0v) is 19.0. The van der Waals surface area contributed by atoms with E-state index in [1.54, 1.807) is 10.9 Å². The third-order valence-corrected chi connectivity index (χ3v) is 6.81. The Hall–Kier alpha value is -3.60. The molecule has 2 fully saturated rings. The maximum absolute atomic E-state index is 13.1. The molecule has 0 bridgehead atoms. The number of hydrogen-bond donors (Lipinski definition) is 3. The summed E-state index contributed by atoms with van der Waals surface area (Å²) in [6.07, 6.45) is 2.30. The van der Waals surface area contributed by atoms with Crippen LogP contribution in [0.25, 0.3) is 21.9 Å². The van der Waals surface area contributed by atoms with Crippen LogP contribution < -0.4 is 5.32 Å². The molecule has 0 spiro atoms. The maximum Gasteiger partial charge on any atom is 0.253 e. The lowest BCUT2D eigenvalue weighted by molar-refractivity contribution is -0.0486. The van der Waals surface area contributed by atoms with Crippen molar-refractivity contribution in [2.75, 3.05) is 25.0 Å². The highest BCUT2D eigenvalue weighted by atomic mass is 16.5. The molecule has 35 heavy (non-hydrogen) atoms. The lowest BCUT2D eigenvalue weighted by Crippen LogP contribution is -2.31. The van der Waals surface area contributed by atoms with Gasteiger partial charge in [0.05, 0.1) is 19.0 Å². The van der Waals surface area contributed by atoms with Crippen molar-refractivity contribution in [2.24, 2.45) is 0 Å². The van der Waals surface area contributed by atoms with Crippen LogP contribution in [-0.2, 0) is 4.74 Å². The summed E-state index contributed by atoms with van der Waals surface area (Å²) in [5.74, 6) is 0.591. The van der Waals surface area contributed by atoms with E-state index < -0.39 is 18.4 Å². The Morgan fingerprint density at radius 2 is 2.00 bits per heavy atom. The summed E-state index contributed by atoms with van der Waals surface area (Å²) >= 11 is 0. The van der Waals surface area contributed by atoms with Crippen LogP contribution >= 0.6 is 0 Å². The fraction of sp³-hybridized carbons (Fsp3) is 0.360. The Bertz CT molecular complexity index is 1390. The molecule has 0 saturated carbocycles. The van der Waals surface area contributed by atoms with Gasteiger partial charge in [0.15, 0.2) is 23.2 Å². The molecule has 180 valence electrons. The van der Waals surface area contributed by atoms with E-state index >= 15 is 0 Å². The van der Waals surface area contributed by atoms with E-state index in [9.17, 15) is 15.0 Å². The van der Waals surface area contributed by atoms with Gasteiger partial charge < -0.3 is 25.2 Å². The first-order valence-corrected chi connectivity index (χ1v) is 11.8. The van der Waals surface area contributed by atoms with Crippen LogP contribution in [0, 0.1) is 0 Å². The molecule has 2 aliphatic heterocycles. The number of imidazole rings is 1. The molecule has 0 radical (unpaired) electrons. The SMILES string of the molecule is O=C(c1ccc2ccccc2c1)N1CCC(Nc2ncnc3c2ncn3[C@@H]2O[C@H](CO)C[C@H]2O)C1. The minimum absolute atomic E-state index is 0.0166. The van der Waals surface area contributed by atoms with Gasteiger partial charge in [0, 0.05) is 31.1 Å². The Labute approximate surface area is 201 Å². The molecule has 10 nitrogen and oxygen atoms in total. The van der Waals surface area contributed by atoms with Crippen molar-refractivity contribution in [2.45, 2.75) is 37.3 Å². The lowest BCUT2D eigenvalue weighted by atomic mass is 10.1. The van der Waals surface area contributed by atoms with Crippen LogP contribution in [0.3, 0.4) is 0 Å². The minimum Gasteiger partial charge on any atom is -0.394 e. The van der Waals surface area contributed by atoms with E-state index in [2.05, 4.69) is 20.3 Å². The minimum atomic E-state index is -0.763. The van der Waals surface area contributed by atoms with Crippen molar-refractivity contribution in [3.05, 3.63) is 60.7 Å². The first-order valence-electron chi connectivity index (χ1n) is 11.8. The molecule has 4 aromatic rings. The van der Waals surface area contributed by atoms with Crippen molar-refractivity contribution in [3.63, 3.8) is 0 Å². The molecule has 3 N–H and O–H groups in total. The molecule has 1 unspecified atom stereocenters. The van der Waals surface area contributed by atoms with E-state index in [0.29, 0.717) is 42.1 Å². The van der Waals surface area contributed by atoms with E-state index in [1.807, 2.05) is 47.4 Å². The summed E-state index contributed by atoms with van der Waals surface area (Å²) in [6, 6.07) is 13.8. The van der Waals surface area contributed by atoms with Crippen LogP contribution in [0.5, 0.6) is 0 Å². The maximum atomic E-state index is 13.1. The van der Waals surface area contributed by atoms with E-state index in [0.717, 1.165) is 17.2 Å². The molecule has 2 saturated heterocycles. The van der Waals surface area contributed by atoms with Gasteiger partial charge in [-0.1, -0.05) is 30.3 Å². The van der Waals surface area contributed by atoms with Crippen LogP contribution in [-0.4, -0.2) is 78.5 Å². The number of benzene rings is 2. The number of amides is 1. The highest BCUT2D eigenvalue weighted by molar-refractivity contribution is 5.98. The number of nitrogens with one attached hydrogen (secondary N) is 1. The summed E-state index contributed by atoms with van der Waals surface area (Å²) in [4.78, 5) is 28.2. The van der Waals surface area contributed by atoms with Gasteiger partial charge in [-0.3, -0.25) is 9.36 Å². The molecule has 4 atom stereocenters. The monoisotopic (exact) mass is 474 g/mol. The molecule has 2 aromatic heterocycles. The molecular weight excluding hydrogens is 448 g/mol. The van der Waals surface area contributed by atoms with Crippen LogP contribution in [0.2, 0.25) is 0 Å². The Kier molecular flexibility index (Phi) is 5.56. The zero-order chi connectivity index (χ0) is 23.9. The Balaban J connectivity index is 1.17. The van der Waals surface area contributed by atoms with Gasteiger partial charge in [-0.05, 0) is 29.3 Å². The number of hydrogen-bond acceptors (Lipinski definition) is 8. The standard InChI is InChI=1S/C25H26N6O4/c32-12-19-10-20(33)25(35-19)31-14-28-21-22(26-13-27-23(21)31)29-18-7-8-30(11-18)24(34)17-6-5-15-3-1-2-4-16(15)9-17/h1-6,9,13-14,18-20,25,32-33H,7-8,10-12H2,(H,26,27,29)/t18?,19-,20+,25+/m0/s1. The highest BCUT2D eigenvalue weighted by Gasteiger charge is 2.36. The Morgan fingerprint density at radius 3 is 2.83 bits per heavy atom. The van der Waals surface area contributed by atoms with Gasteiger partial charge in [0.2, 0.25) is 0 Å². The number of ether oxygens (including phenoxy) is 1. The quantitative estimate of drug-likeness (QED) is 0.401. The van der Waals surface area contributed by atoms with Gasteiger partial charge in [-0.15, -0.1) is 0 Å². The number of carbonyl (C=O) groups is 1. The van der Waals surface area contributed by atoms with Gasteiger partial charge in [0.25, 0.3) is 5.91 Å². The summed E-state index contributed by atoms with van der Waals surface area (Å²) in [7, 11) is 0. The first kappa shape index (κ1) is 21.9. The largest absolute Gasteiger partial charge is 0.394 e. The van der Waals surface area contributed by atoms with E-state index in [1.165, 1.54) is 6.33 Å². The number of aliphatic hydroxyl groups excluding tert-OH is 2. The first-order chi connectivity index (χ1) is 17.1. The molecule has 0 aliphatic carbocycles. The predicted molar refractivity (Wildman–Crippen MR) is 129 cm³/mol. The number of likely N-dealkylation sites (tertiary alicyclic amines) is 1. The highest BCUT2D eigenvalue weighted by Crippen LogP contribution is 2.32. The second-order valence-electron chi connectivity index (χ2n) is 9.12. The zero-order valence-electron chi connectivity index (χ0n) is 19.0. The molecule has 2 aromatic carbocycles. The Morgan fingerprint density at radius 1 is 1.14 bits per heavy atom. The lowest BCUT2D eigenvalue weighted by Gasteiger charge is -2.18. The number of aromatic nitrogens is 4. The van der Waals surface area contributed by atoms with E-state index in [-0.39, 0.29) is 18.6 Å². The average Bonchev–Trinajstić information content (AvgIpc) is 3.62. The average molecular weight is 475 g/mol. The second kappa shape index (κ2) is 8.88. The van der Waals surface area contributed by atoms with Crippen molar-refractivity contribution in [3.8, 4) is 0 Å². The smallest absolute Gasteiger partial charge is 0.253 e. The molecule has 10 heteroatoms. The number of fused-ring (bicyclic) bond motifs is 2. The van der Waals surface area contributed by atoms with Crippen molar-refractivity contribution in [1.29, 1.82) is 0 Å². The van der Waals surface area contributed by atoms with Crippen molar-refractivity contribution in [1.82, 2.24) is 24.4 Å². The number of carbonyl (C=O) groups excluding carboxylic acids is 1. The molecule has 1 amide bonds. The van der Waals surface area contributed by atoms with Gasteiger partial charge in [-0.25, -0.2) is 15.0 Å². The van der Waals surface area contributed by atoms with Gasteiger partial charge >= 0.3 is 0 Å². The fourth-order valence-electron chi connectivity index (χ4n) is 5.00. The summed E-state index contributed by atoms with van der Waals surface area (Å²) < 4.78 is 7.43. The van der Waals surface area contributed by atoms with Crippen LogP contribution in [0.15, 0.2) is 55.1 Å². The molecule has 4 heterocycles. The summed E-state index contributed by atoms with van der Waals surface area (Å²) in [6.45, 7) is 1.05. The predicted octanol–water partition coefficient (Wildman–Crippen LogP) is 1.95. The summed E-state index contributed by atoms with van der Waals surface area (Å²) in [5.41, 5.74) is 1.78. The topological polar surface area (TPSA) is 126 Å². The fourth-order valence-corrected chi connectivity index (χ4v) is 5.00. The molecular formula is C25H26N6O4. The van der Waals surface area contributed by atoms with Crippen molar-refractivity contribution < 1.29 is 19.7 Å². The normalized spacial score (nSPS) is 24.5. The van der Waals surface area contributed by atoms with E-state index in [4.69, 9.17) is 4.74 Å². The second-order valence-corrected chi connectivity index (χ2v) is 9.12. The number of rotatable bonds is 5. The van der Waals surface area contributed by atoms with Crippen LogP contribution in [0.1, 0.15) is 29.4 Å². The van der Waals surface area contributed by atoms with Crippen LogP contribution in [0.4, 0.5) is 5.82 Å². The number of aliphatic hydroxyl groups is 2. The van der Waals surface area contributed by atoms with Gasteiger partial charge in [0.1, 0.15) is 12.4 Å².